The third-order valence-corrected chi connectivity index (χ3v) is 22.9. The molecule has 0 saturated carbocycles. The van der Waals surface area contributed by atoms with Crippen molar-refractivity contribution in [3.05, 3.63) is 317 Å². The first-order valence-corrected chi connectivity index (χ1v) is 44.6. The standard InChI is InChI=1S/3C25H23F3N3.C13H11N4.C10H13N4.C8H9N4.3Pt/c3*1-14(2)16-10-7-11-17(15(3)4)23(16)20-13-29-24(19-9-6-5-8-18(19)20)21-12-22(31-30-21)25(26,27)28;1-10-9-12(16-15-10)13-14-7-8-17(13)11-5-3-2-4-6-11;1-7(2)14-5-4-11-10(14)9-6-8(3)12-13-9;1-6-5-7(11-10-6)8-9-3-4-12(8)2;;;/h3*5-15H,1-4H3;2-9H,1H3;4-7H,1-3H3;3-5H,1-2H3;;;/q6*-1;3*+2. The topological polar surface area (TPSA) is 254 Å². The SMILES string of the molecule is CC(C)c1cccc(C(C)C)c1-c1cnc(-c2cc(C(F)(F)F)n[n-]2)c2ccccc12.CC(C)c1cccc(C(C)C)c1-c1cnc(-c2cc(C(F)(F)F)n[n-]2)c2ccccc12.CC(C)c1cccc(C(C)C)c1-c1cnc(-c2cc(C(F)(F)F)n[n-]2)c2ccccc12.Cc1cc(-c2nccn2-c2ccccc2)[n-]n1.Cc1cc(-c2nccn2C(C)C)[n-]n1.Cc1cc(-c2nccn2C)[n-]n1.[Pt+2].[Pt+2].[Pt+2]. The number of halogens is 9. The number of imidazole rings is 3. The number of nitrogens with zero attached hydrogens (tertiary/aromatic N) is 21. The molecule has 0 N–H and O–H groups in total. The van der Waals surface area contributed by atoms with Gasteiger partial charge in [-0.25, -0.2) is 15.0 Å². The van der Waals surface area contributed by atoms with E-state index in [1.54, 1.807) is 37.2 Å². The largest absolute Gasteiger partial charge is 2.00 e. The van der Waals surface area contributed by atoms with Crippen LogP contribution in [0.5, 0.6) is 0 Å². The molecule has 0 aliphatic heterocycles. The van der Waals surface area contributed by atoms with Crippen LogP contribution >= 0.6 is 0 Å². The number of pyridine rings is 3. The minimum Gasteiger partial charge on any atom is -0.573 e. The van der Waals surface area contributed by atoms with Crippen LogP contribution in [0.2, 0.25) is 0 Å². The second-order valence-corrected chi connectivity index (χ2v) is 35.1. The molecular weight excluding hydrogens is 2320 g/mol. The second-order valence-electron chi connectivity index (χ2n) is 35.1. The van der Waals surface area contributed by atoms with E-state index in [0.717, 1.165) is 141 Å². The average Bonchev–Trinajstić information content (AvgIpc) is 1.63. The molecular formula is C106H102F9N21Pt3. The maximum atomic E-state index is 13.0. The van der Waals surface area contributed by atoms with Crippen molar-refractivity contribution in [2.24, 2.45) is 7.05 Å². The molecule has 0 saturated heterocycles. The number of aromatic nitrogens is 21. The molecule has 0 radical (unpaired) electrons. The normalized spacial score (nSPS) is 11.6. The van der Waals surface area contributed by atoms with Crippen LogP contribution in [-0.4, -0.2) is 74.2 Å². The molecule has 7 aromatic carbocycles. The van der Waals surface area contributed by atoms with Gasteiger partial charge in [0, 0.05) is 124 Å². The Bertz CT molecular complexity index is 6760. The van der Waals surface area contributed by atoms with Crippen LogP contribution in [-0.2, 0) is 88.8 Å². The molecule has 12 aromatic heterocycles. The first kappa shape index (κ1) is 107. The molecule has 0 bridgehead atoms. The summed E-state index contributed by atoms with van der Waals surface area (Å²) < 4.78 is 123. The summed E-state index contributed by atoms with van der Waals surface area (Å²) in [4.78, 5) is 26.5. The zero-order chi connectivity index (χ0) is 97.4. The van der Waals surface area contributed by atoms with Gasteiger partial charge in [-0.1, -0.05) is 281 Å². The number of rotatable bonds is 17. The van der Waals surface area contributed by atoms with Crippen molar-refractivity contribution in [2.75, 3.05) is 0 Å². The Hall–Kier alpha value is -12.9. The predicted molar refractivity (Wildman–Crippen MR) is 514 cm³/mol. The van der Waals surface area contributed by atoms with Gasteiger partial charge in [0.25, 0.3) is 0 Å². The van der Waals surface area contributed by atoms with E-state index in [2.05, 4.69) is 247 Å². The molecule has 19 rings (SSSR count). The Morgan fingerprint density at radius 1 is 0.281 bits per heavy atom. The Morgan fingerprint density at radius 2 is 0.554 bits per heavy atom. The number of para-hydroxylation sites is 1. The monoisotopic (exact) mass is 2420 g/mol. The molecule has 21 nitrogen and oxygen atoms in total. The van der Waals surface area contributed by atoms with Crippen LogP contribution in [0.25, 0.3) is 140 Å². The van der Waals surface area contributed by atoms with Crippen LogP contribution in [0.1, 0.15) is 206 Å². The van der Waals surface area contributed by atoms with Gasteiger partial charge in [0.15, 0.2) is 0 Å². The van der Waals surface area contributed by atoms with Gasteiger partial charge >= 0.3 is 81.7 Å². The van der Waals surface area contributed by atoms with Crippen molar-refractivity contribution in [3.63, 3.8) is 0 Å². The molecule has 12 heterocycles. The number of hydrogen-bond donors (Lipinski definition) is 0. The Kier molecular flexibility index (Phi) is 35.1. The van der Waals surface area contributed by atoms with Crippen LogP contribution in [0.15, 0.2) is 250 Å². The van der Waals surface area contributed by atoms with Crippen molar-refractivity contribution < 1.29 is 103 Å². The Labute approximate surface area is 843 Å². The van der Waals surface area contributed by atoms with E-state index in [9.17, 15) is 39.5 Å². The average molecular weight is 2430 g/mol. The maximum Gasteiger partial charge on any atom is 2.00 e. The van der Waals surface area contributed by atoms with Gasteiger partial charge in [0.2, 0.25) is 0 Å². The first-order chi connectivity index (χ1) is 64.8. The van der Waals surface area contributed by atoms with Crippen LogP contribution in [0.4, 0.5) is 39.5 Å². The van der Waals surface area contributed by atoms with Crippen LogP contribution in [0, 0.1) is 20.8 Å². The zero-order valence-corrected chi connectivity index (χ0v) is 86.3. The Morgan fingerprint density at radius 3 is 0.835 bits per heavy atom. The summed E-state index contributed by atoms with van der Waals surface area (Å²) >= 11 is 0. The molecule has 0 unspecified atom stereocenters. The van der Waals surface area contributed by atoms with Gasteiger partial charge in [-0.3, -0.25) is 15.0 Å². The Balaban J connectivity index is 0.000000164. The van der Waals surface area contributed by atoms with Gasteiger partial charge in [0.05, 0.1) is 17.1 Å². The summed E-state index contributed by atoms with van der Waals surface area (Å²) in [6, 6.07) is 61.1. The number of aryl methyl sites for hydroxylation is 4. The molecule has 0 atom stereocenters. The molecule has 0 spiro atoms. The van der Waals surface area contributed by atoms with Gasteiger partial charge in [-0.2, -0.15) is 39.5 Å². The number of hydrogen-bond acceptors (Lipinski definition) is 12. The summed E-state index contributed by atoms with van der Waals surface area (Å²) in [6.07, 6.45) is 2.74. The molecule has 724 valence electrons. The molecule has 139 heavy (non-hydrogen) atoms. The smallest absolute Gasteiger partial charge is 0.573 e. The molecule has 19 aromatic rings. The third kappa shape index (κ3) is 24.3. The fraction of sp³-hybridized carbons (Fsp3) is 0.264. The quantitative estimate of drug-likeness (QED) is 0.0768. The summed E-state index contributed by atoms with van der Waals surface area (Å²) in [6.45, 7) is 35.9. The first-order valence-electron chi connectivity index (χ1n) is 44.6. The van der Waals surface area contributed by atoms with E-state index in [4.69, 9.17) is 0 Å². The van der Waals surface area contributed by atoms with E-state index in [1.165, 1.54) is 33.4 Å². The summed E-state index contributed by atoms with van der Waals surface area (Å²) in [7, 11) is 1.94. The molecule has 0 aliphatic carbocycles. The van der Waals surface area contributed by atoms with Crippen molar-refractivity contribution in [1.29, 1.82) is 0 Å². The summed E-state index contributed by atoms with van der Waals surface area (Å²) in [5.41, 5.74) is 18.5. The van der Waals surface area contributed by atoms with Crippen molar-refractivity contribution >= 4 is 32.3 Å². The number of benzene rings is 7. The molecule has 0 aliphatic rings. The van der Waals surface area contributed by atoms with Crippen molar-refractivity contribution in [1.82, 2.24) is 105 Å². The van der Waals surface area contributed by atoms with E-state index in [-0.39, 0.29) is 80.3 Å². The number of fused-ring (bicyclic) bond motifs is 3. The maximum absolute atomic E-state index is 13.0. The van der Waals surface area contributed by atoms with Crippen LogP contribution < -0.4 is 30.6 Å². The fourth-order valence-corrected chi connectivity index (χ4v) is 16.3. The van der Waals surface area contributed by atoms with Crippen molar-refractivity contribution in [3.8, 4) is 108 Å². The van der Waals surface area contributed by atoms with Crippen LogP contribution in [0.3, 0.4) is 0 Å². The van der Waals surface area contributed by atoms with Gasteiger partial charge < -0.3 is 74.9 Å². The van der Waals surface area contributed by atoms with E-state index < -0.39 is 35.6 Å². The third-order valence-electron chi connectivity index (χ3n) is 22.9. The summed E-state index contributed by atoms with van der Waals surface area (Å²) in [5.74, 6) is 4.41. The fourth-order valence-electron chi connectivity index (χ4n) is 16.3. The summed E-state index contributed by atoms with van der Waals surface area (Å²) in [5, 5.41) is 50.3. The van der Waals surface area contributed by atoms with E-state index >= 15 is 0 Å². The molecule has 33 heteroatoms. The van der Waals surface area contributed by atoms with E-state index in [0.29, 0.717) is 58.6 Å². The van der Waals surface area contributed by atoms with Gasteiger partial charge in [-0.05, 0) is 167 Å². The number of alkyl halides is 9. The zero-order valence-electron chi connectivity index (χ0n) is 79.5. The van der Waals surface area contributed by atoms with Gasteiger partial charge in [-0.15, -0.1) is 0 Å². The molecule has 0 amide bonds. The minimum atomic E-state index is -4.54. The molecule has 0 fully saturated rings. The minimum absolute atomic E-state index is 0. The van der Waals surface area contributed by atoms with Gasteiger partial charge in [0.1, 0.15) is 34.6 Å². The second kappa shape index (κ2) is 45.8. The predicted octanol–water partition coefficient (Wildman–Crippen LogP) is 26.3. The van der Waals surface area contributed by atoms with E-state index in [1.807, 2.05) is 177 Å². The van der Waals surface area contributed by atoms with Crippen molar-refractivity contribution in [2.45, 2.75) is 178 Å².